The first-order chi connectivity index (χ1) is 6.90. The second-order valence-electron chi connectivity index (χ2n) is 4.16. The third-order valence-corrected chi connectivity index (χ3v) is 3.07. The van der Waals surface area contributed by atoms with Gasteiger partial charge in [-0.15, -0.1) is 0 Å². The highest BCUT2D eigenvalue weighted by Crippen LogP contribution is 2.31. The van der Waals surface area contributed by atoms with Crippen LogP contribution in [-0.4, -0.2) is 16.5 Å². The van der Waals surface area contributed by atoms with Gasteiger partial charge in [0.15, 0.2) is 0 Å². The fourth-order valence-corrected chi connectivity index (χ4v) is 2.26. The van der Waals surface area contributed by atoms with Crippen LogP contribution in [0.5, 0.6) is 0 Å². The summed E-state index contributed by atoms with van der Waals surface area (Å²) in [5.74, 6) is 1.77. The van der Waals surface area contributed by atoms with E-state index in [0.717, 1.165) is 18.2 Å². The summed E-state index contributed by atoms with van der Waals surface area (Å²) in [6.45, 7) is 0.678. The Kier molecular flexibility index (Phi) is 3.19. The molecule has 1 aliphatic rings. The van der Waals surface area contributed by atoms with Crippen molar-refractivity contribution in [2.24, 2.45) is 5.73 Å². The molecule has 1 saturated carbocycles. The van der Waals surface area contributed by atoms with Crippen LogP contribution in [0, 0.1) is 0 Å². The molecule has 1 fully saturated rings. The summed E-state index contributed by atoms with van der Waals surface area (Å²) < 4.78 is 0. The van der Waals surface area contributed by atoms with Crippen LogP contribution in [-0.2, 0) is 6.42 Å². The summed E-state index contributed by atoms with van der Waals surface area (Å²) in [5, 5.41) is 0. The van der Waals surface area contributed by atoms with Gasteiger partial charge in [0.25, 0.3) is 0 Å². The molecule has 3 heteroatoms. The van der Waals surface area contributed by atoms with E-state index in [1.165, 1.54) is 37.8 Å². The molecule has 3 N–H and O–H groups in total. The molecule has 0 radical (unpaired) electrons. The summed E-state index contributed by atoms with van der Waals surface area (Å²) in [6, 6.07) is 0. The monoisotopic (exact) mass is 193 g/mol. The summed E-state index contributed by atoms with van der Waals surface area (Å²) in [4.78, 5) is 7.74. The van der Waals surface area contributed by atoms with E-state index in [2.05, 4.69) is 9.97 Å². The van der Waals surface area contributed by atoms with Crippen molar-refractivity contribution in [1.29, 1.82) is 0 Å². The Morgan fingerprint density at radius 2 is 2.14 bits per heavy atom. The zero-order valence-electron chi connectivity index (χ0n) is 8.63. The lowest BCUT2D eigenvalue weighted by molar-refractivity contribution is 0.437. The number of H-pyrrole nitrogens is 1. The van der Waals surface area contributed by atoms with Gasteiger partial charge in [-0.3, -0.25) is 0 Å². The first kappa shape index (κ1) is 9.71. The molecule has 14 heavy (non-hydrogen) atoms. The molecule has 1 aliphatic carbocycles. The Morgan fingerprint density at radius 3 is 2.86 bits per heavy atom. The van der Waals surface area contributed by atoms with Crippen molar-refractivity contribution in [3.63, 3.8) is 0 Å². The number of nitrogens with one attached hydrogen (secondary N) is 1. The van der Waals surface area contributed by atoms with Crippen LogP contribution >= 0.6 is 0 Å². The zero-order chi connectivity index (χ0) is 9.80. The molecule has 1 heterocycles. The van der Waals surface area contributed by atoms with Gasteiger partial charge in [0.05, 0.1) is 0 Å². The third kappa shape index (κ3) is 2.15. The fraction of sp³-hybridized carbons (Fsp3) is 0.727. The predicted octanol–water partition coefficient (Wildman–Crippen LogP) is 1.96. The minimum atomic E-state index is 0.678. The SMILES string of the molecule is NCCc1ncc(C2CCCCC2)[nH]1. The smallest absolute Gasteiger partial charge is 0.107 e. The Balaban J connectivity index is 2.00. The predicted molar refractivity (Wildman–Crippen MR) is 57.2 cm³/mol. The normalized spacial score (nSPS) is 18.6. The van der Waals surface area contributed by atoms with Gasteiger partial charge >= 0.3 is 0 Å². The Hall–Kier alpha value is -0.830. The first-order valence-corrected chi connectivity index (χ1v) is 5.64. The van der Waals surface area contributed by atoms with Crippen LogP contribution in [0.4, 0.5) is 0 Å². The summed E-state index contributed by atoms with van der Waals surface area (Å²) >= 11 is 0. The average Bonchev–Trinajstić information content (AvgIpc) is 2.68. The molecule has 78 valence electrons. The highest BCUT2D eigenvalue weighted by molar-refractivity contribution is 5.08. The molecule has 0 aromatic carbocycles. The van der Waals surface area contributed by atoms with Crippen molar-refractivity contribution in [3.05, 3.63) is 17.7 Å². The van der Waals surface area contributed by atoms with Gasteiger partial charge in [-0.1, -0.05) is 19.3 Å². The van der Waals surface area contributed by atoms with Crippen molar-refractivity contribution in [2.75, 3.05) is 6.54 Å². The van der Waals surface area contributed by atoms with Crippen LogP contribution in [0.15, 0.2) is 6.20 Å². The first-order valence-electron chi connectivity index (χ1n) is 5.64. The molecule has 0 amide bonds. The van der Waals surface area contributed by atoms with E-state index in [4.69, 9.17) is 5.73 Å². The number of aromatic amines is 1. The maximum atomic E-state index is 5.49. The van der Waals surface area contributed by atoms with Crippen molar-refractivity contribution in [1.82, 2.24) is 9.97 Å². The lowest BCUT2D eigenvalue weighted by Crippen LogP contribution is -2.06. The van der Waals surface area contributed by atoms with E-state index >= 15 is 0 Å². The van der Waals surface area contributed by atoms with Gasteiger partial charge in [-0.2, -0.15) is 0 Å². The van der Waals surface area contributed by atoms with E-state index in [-0.39, 0.29) is 0 Å². The molecule has 1 aromatic rings. The molecule has 1 aromatic heterocycles. The van der Waals surface area contributed by atoms with Crippen molar-refractivity contribution < 1.29 is 0 Å². The number of nitrogens with two attached hydrogens (primary N) is 1. The number of rotatable bonds is 3. The Morgan fingerprint density at radius 1 is 1.36 bits per heavy atom. The van der Waals surface area contributed by atoms with Crippen molar-refractivity contribution in [3.8, 4) is 0 Å². The maximum absolute atomic E-state index is 5.49. The number of imidazole rings is 1. The third-order valence-electron chi connectivity index (χ3n) is 3.07. The molecule has 0 aliphatic heterocycles. The second kappa shape index (κ2) is 4.60. The van der Waals surface area contributed by atoms with Crippen LogP contribution in [0.2, 0.25) is 0 Å². The van der Waals surface area contributed by atoms with E-state index in [0.29, 0.717) is 6.54 Å². The Bertz CT molecular complexity index is 274. The molecule has 3 nitrogen and oxygen atoms in total. The highest BCUT2D eigenvalue weighted by Gasteiger charge is 2.17. The largest absolute Gasteiger partial charge is 0.346 e. The van der Waals surface area contributed by atoms with Gasteiger partial charge in [0.2, 0.25) is 0 Å². The fourth-order valence-electron chi connectivity index (χ4n) is 2.26. The Labute approximate surface area is 85.1 Å². The number of nitrogens with zero attached hydrogens (tertiary/aromatic N) is 1. The van der Waals surface area contributed by atoms with Gasteiger partial charge < -0.3 is 10.7 Å². The molecular formula is C11H19N3. The molecule has 0 bridgehead atoms. The van der Waals surface area contributed by atoms with Gasteiger partial charge in [-0.25, -0.2) is 4.98 Å². The molecule has 2 rings (SSSR count). The zero-order valence-corrected chi connectivity index (χ0v) is 8.63. The summed E-state index contributed by atoms with van der Waals surface area (Å²) in [7, 11) is 0. The van der Waals surface area contributed by atoms with Crippen LogP contribution in [0.25, 0.3) is 0 Å². The number of aromatic nitrogens is 2. The topological polar surface area (TPSA) is 54.7 Å². The highest BCUT2D eigenvalue weighted by atomic mass is 14.9. The van der Waals surface area contributed by atoms with E-state index in [9.17, 15) is 0 Å². The van der Waals surface area contributed by atoms with E-state index < -0.39 is 0 Å². The van der Waals surface area contributed by atoms with Crippen LogP contribution in [0.1, 0.15) is 49.5 Å². The number of hydrogen-bond acceptors (Lipinski definition) is 2. The van der Waals surface area contributed by atoms with Crippen molar-refractivity contribution in [2.45, 2.75) is 44.4 Å². The van der Waals surface area contributed by atoms with Gasteiger partial charge in [-0.05, 0) is 19.4 Å². The summed E-state index contributed by atoms with van der Waals surface area (Å²) in [5.41, 5.74) is 6.82. The molecule has 0 spiro atoms. The van der Waals surface area contributed by atoms with Gasteiger partial charge in [0, 0.05) is 24.2 Å². The van der Waals surface area contributed by atoms with Gasteiger partial charge in [0.1, 0.15) is 5.82 Å². The molecule has 0 unspecified atom stereocenters. The van der Waals surface area contributed by atoms with Crippen LogP contribution in [0.3, 0.4) is 0 Å². The lowest BCUT2D eigenvalue weighted by atomic mass is 9.87. The molecule has 0 atom stereocenters. The molecule has 0 saturated heterocycles. The quantitative estimate of drug-likeness (QED) is 0.771. The maximum Gasteiger partial charge on any atom is 0.107 e. The minimum absolute atomic E-state index is 0.678. The second-order valence-corrected chi connectivity index (χ2v) is 4.16. The minimum Gasteiger partial charge on any atom is -0.346 e. The van der Waals surface area contributed by atoms with Crippen LogP contribution < -0.4 is 5.73 Å². The standard InChI is InChI=1S/C11H19N3/c12-7-6-11-13-8-10(14-11)9-4-2-1-3-5-9/h8-9H,1-7,12H2,(H,13,14). The molecular weight excluding hydrogens is 174 g/mol. The average molecular weight is 193 g/mol. The summed E-state index contributed by atoms with van der Waals surface area (Å²) in [6.07, 6.45) is 9.66. The van der Waals surface area contributed by atoms with E-state index in [1.807, 2.05) is 6.20 Å². The number of hydrogen-bond donors (Lipinski definition) is 2. The van der Waals surface area contributed by atoms with Crippen molar-refractivity contribution >= 4 is 0 Å². The van der Waals surface area contributed by atoms with E-state index in [1.54, 1.807) is 0 Å². The lowest BCUT2D eigenvalue weighted by Gasteiger charge is -2.19.